The van der Waals surface area contributed by atoms with Gasteiger partial charge < -0.3 is 10.2 Å². The molecule has 0 bridgehead atoms. The van der Waals surface area contributed by atoms with E-state index in [1.165, 1.54) is 0 Å². The minimum atomic E-state index is -3.42. The number of sulfonamides is 1. The van der Waals surface area contributed by atoms with Crippen LogP contribution in [0, 0.1) is 0 Å². The highest BCUT2D eigenvalue weighted by molar-refractivity contribution is 7.89. The molecule has 5 nitrogen and oxygen atoms in total. The van der Waals surface area contributed by atoms with Gasteiger partial charge in [0.25, 0.3) is 0 Å². The summed E-state index contributed by atoms with van der Waals surface area (Å²) in [6, 6.07) is 17.3. The summed E-state index contributed by atoms with van der Waals surface area (Å²) in [5.74, 6) is 0. The fourth-order valence-electron chi connectivity index (χ4n) is 3.02. The maximum Gasteiger partial charge on any atom is 0.243 e. The first-order valence-corrected chi connectivity index (χ1v) is 10.1. The van der Waals surface area contributed by atoms with Crippen LogP contribution in [-0.2, 0) is 16.6 Å². The Morgan fingerprint density at radius 3 is 2.16 bits per heavy atom. The van der Waals surface area contributed by atoms with Gasteiger partial charge in [-0.05, 0) is 36.4 Å². The van der Waals surface area contributed by atoms with Crippen LogP contribution in [0.5, 0.6) is 0 Å². The second-order valence-corrected chi connectivity index (χ2v) is 8.09. The lowest BCUT2D eigenvalue weighted by Gasteiger charge is -2.35. The molecule has 134 valence electrons. The van der Waals surface area contributed by atoms with E-state index >= 15 is 0 Å². The van der Waals surface area contributed by atoms with Crippen molar-refractivity contribution in [3.05, 3.63) is 60.2 Å². The molecule has 2 aromatic rings. The molecule has 0 saturated carbocycles. The van der Waals surface area contributed by atoms with Gasteiger partial charge in [-0.3, -0.25) is 0 Å². The Morgan fingerprint density at radius 2 is 1.56 bits per heavy atom. The molecule has 1 N–H and O–H groups in total. The fourth-order valence-corrected chi connectivity index (χ4v) is 4.45. The number of anilines is 1. The molecular weight excluding hydrogens is 334 g/mol. The third-order valence-corrected chi connectivity index (χ3v) is 6.41. The van der Waals surface area contributed by atoms with Crippen molar-refractivity contribution in [1.29, 1.82) is 0 Å². The van der Waals surface area contributed by atoms with Crippen LogP contribution in [0.2, 0.25) is 0 Å². The molecule has 25 heavy (non-hydrogen) atoms. The van der Waals surface area contributed by atoms with Crippen LogP contribution >= 0.6 is 0 Å². The minimum absolute atomic E-state index is 0.376. The lowest BCUT2D eigenvalue weighted by Crippen LogP contribution is -2.48. The van der Waals surface area contributed by atoms with Crippen molar-refractivity contribution in [2.75, 3.05) is 37.6 Å². The average Bonchev–Trinajstić information content (AvgIpc) is 2.67. The zero-order chi connectivity index (χ0) is 17.7. The van der Waals surface area contributed by atoms with Crippen LogP contribution in [0.3, 0.4) is 0 Å². The molecule has 0 aliphatic carbocycles. The number of hydrogen-bond donors (Lipinski definition) is 1. The third-order valence-electron chi connectivity index (χ3n) is 4.50. The Balaban J connectivity index is 1.65. The molecule has 0 radical (unpaired) electrons. The van der Waals surface area contributed by atoms with Crippen LogP contribution in [-0.4, -0.2) is 45.4 Å². The predicted molar refractivity (Wildman–Crippen MR) is 101 cm³/mol. The van der Waals surface area contributed by atoms with E-state index in [4.69, 9.17) is 0 Å². The van der Waals surface area contributed by atoms with Gasteiger partial charge in [-0.15, -0.1) is 0 Å². The summed E-state index contributed by atoms with van der Waals surface area (Å²) < 4.78 is 27.3. The Morgan fingerprint density at radius 1 is 0.920 bits per heavy atom. The van der Waals surface area contributed by atoms with Gasteiger partial charge in [-0.1, -0.05) is 37.3 Å². The van der Waals surface area contributed by atoms with Crippen molar-refractivity contribution >= 4 is 15.7 Å². The Kier molecular flexibility index (Phi) is 5.73. The second kappa shape index (κ2) is 7.99. The largest absolute Gasteiger partial charge is 0.369 e. The molecule has 1 aliphatic heterocycles. The molecular formula is C19H25N3O2S. The number of piperazine rings is 1. The molecule has 1 aliphatic rings. The molecule has 0 unspecified atom stereocenters. The van der Waals surface area contributed by atoms with Gasteiger partial charge in [0.05, 0.1) is 4.90 Å². The second-order valence-electron chi connectivity index (χ2n) is 6.15. The van der Waals surface area contributed by atoms with E-state index in [1.54, 1.807) is 16.4 Å². The highest BCUT2D eigenvalue weighted by atomic mass is 32.2. The molecule has 1 saturated heterocycles. The Hall–Kier alpha value is -1.89. The Bertz CT molecular complexity index is 768. The van der Waals surface area contributed by atoms with Crippen LogP contribution in [0.15, 0.2) is 59.5 Å². The summed E-state index contributed by atoms with van der Waals surface area (Å²) in [5, 5.41) is 3.24. The quantitative estimate of drug-likeness (QED) is 0.860. The summed E-state index contributed by atoms with van der Waals surface area (Å²) in [5.41, 5.74) is 2.24. The molecule has 1 fully saturated rings. The maximum atomic E-state index is 12.8. The zero-order valence-corrected chi connectivity index (χ0v) is 15.4. The number of para-hydroxylation sites is 1. The van der Waals surface area contributed by atoms with Crippen molar-refractivity contribution in [3.8, 4) is 0 Å². The molecule has 0 atom stereocenters. The molecule has 0 amide bonds. The van der Waals surface area contributed by atoms with Crippen molar-refractivity contribution in [1.82, 2.24) is 9.62 Å². The Labute approximate surface area is 150 Å². The number of nitrogens with one attached hydrogen (secondary N) is 1. The number of nitrogens with zero attached hydrogens (tertiary/aromatic N) is 2. The third kappa shape index (κ3) is 4.21. The summed E-state index contributed by atoms with van der Waals surface area (Å²) in [6.07, 6.45) is 0. The first-order valence-electron chi connectivity index (χ1n) is 8.71. The van der Waals surface area contributed by atoms with Crippen LogP contribution < -0.4 is 10.2 Å². The summed E-state index contributed by atoms with van der Waals surface area (Å²) in [7, 11) is -3.42. The van der Waals surface area contributed by atoms with Crippen molar-refractivity contribution < 1.29 is 8.42 Å². The van der Waals surface area contributed by atoms with Gasteiger partial charge in [-0.2, -0.15) is 4.31 Å². The summed E-state index contributed by atoms with van der Waals surface area (Å²) >= 11 is 0. The highest BCUT2D eigenvalue weighted by Gasteiger charge is 2.28. The number of hydrogen-bond acceptors (Lipinski definition) is 4. The molecule has 1 heterocycles. The zero-order valence-electron chi connectivity index (χ0n) is 14.6. The van der Waals surface area contributed by atoms with Gasteiger partial charge in [0.1, 0.15) is 0 Å². The molecule has 2 aromatic carbocycles. The SMILES string of the molecule is CCNCc1ccc(S(=O)(=O)N2CCN(c3ccccc3)CC2)cc1. The summed E-state index contributed by atoms with van der Waals surface area (Å²) in [6.45, 7) is 6.14. The average molecular weight is 359 g/mol. The lowest BCUT2D eigenvalue weighted by molar-refractivity contribution is 0.385. The number of benzene rings is 2. The van der Waals surface area contributed by atoms with Gasteiger partial charge >= 0.3 is 0 Å². The first kappa shape index (κ1) is 17.9. The fraction of sp³-hybridized carbons (Fsp3) is 0.368. The number of rotatable bonds is 6. The monoisotopic (exact) mass is 359 g/mol. The molecule has 0 aromatic heterocycles. The van der Waals surface area contributed by atoms with Gasteiger partial charge in [0.2, 0.25) is 10.0 Å². The van der Waals surface area contributed by atoms with E-state index in [0.29, 0.717) is 31.1 Å². The predicted octanol–water partition coefficient (Wildman–Crippen LogP) is 2.31. The van der Waals surface area contributed by atoms with Crippen LogP contribution in [0.1, 0.15) is 12.5 Å². The van der Waals surface area contributed by atoms with Gasteiger partial charge in [-0.25, -0.2) is 8.42 Å². The standard InChI is InChI=1S/C19H25N3O2S/c1-2-20-16-17-8-10-19(11-9-17)25(23,24)22-14-12-21(13-15-22)18-6-4-3-5-7-18/h3-11,20H,2,12-16H2,1H3. The molecule has 0 spiro atoms. The van der Waals surface area contributed by atoms with Crippen molar-refractivity contribution in [2.45, 2.75) is 18.4 Å². The lowest BCUT2D eigenvalue weighted by atomic mass is 10.2. The van der Waals surface area contributed by atoms with E-state index in [-0.39, 0.29) is 0 Å². The molecule has 6 heteroatoms. The van der Waals surface area contributed by atoms with E-state index < -0.39 is 10.0 Å². The molecule has 3 rings (SSSR count). The van der Waals surface area contributed by atoms with E-state index in [1.807, 2.05) is 37.3 Å². The smallest absolute Gasteiger partial charge is 0.243 e. The normalized spacial score (nSPS) is 16.1. The highest BCUT2D eigenvalue weighted by Crippen LogP contribution is 2.21. The van der Waals surface area contributed by atoms with Crippen LogP contribution in [0.4, 0.5) is 5.69 Å². The van der Waals surface area contributed by atoms with E-state index in [9.17, 15) is 8.42 Å². The van der Waals surface area contributed by atoms with Crippen molar-refractivity contribution in [3.63, 3.8) is 0 Å². The summed E-state index contributed by atoms with van der Waals surface area (Å²) in [4.78, 5) is 2.60. The van der Waals surface area contributed by atoms with Crippen molar-refractivity contribution in [2.24, 2.45) is 0 Å². The minimum Gasteiger partial charge on any atom is -0.369 e. The maximum absolute atomic E-state index is 12.8. The topological polar surface area (TPSA) is 52.7 Å². The van der Waals surface area contributed by atoms with Gasteiger partial charge in [0, 0.05) is 38.4 Å². The van der Waals surface area contributed by atoms with E-state index in [2.05, 4.69) is 22.3 Å². The van der Waals surface area contributed by atoms with Crippen LogP contribution in [0.25, 0.3) is 0 Å². The van der Waals surface area contributed by atoms with Gasteiger partial charge in [0.15, 0.2) is 0 Å². The first-order chi connectivity index (χ1) is 12.1. The van der Waals surface area contributed by atoms with E-state index in [0.717, 1.165) is 24.3 Å².